The molecule has 7 heteroatoms. The fourth-order valence-electron chi connectivity index (χ4n) is 3.26. The van der Waals surface area contributed by atoms with Crippen LogP contribution in [0.2, 0.25) is 0 Å². The smallest absolute Gasteiger partial charge is 0.249 e. The van der Waals surface area contributed by atoms with Gasteiger partial charge in [-0.25, -0.2) is 0 Å². The number of aromatic nitrogens is 4. The molecule has 1 saturated heterocycles. The molecular formula is C18H25N5O2. The van der Waals surface area contributed by atoms with Gasteiger partial charge in [0.15, 0.2) is 6.04 Å². The van der Waals surface area contributed by atoms with E-state index < -0.39 is 12.1 Å². The quantitative estimate of drug-likeness (QED) is 0.894. The lowest BCUT2D eigenvalue weighted by atomic mass is 10.0. The van der Waals surface area contributed by atoms with E-state index in [4.69, 9.17) is 0 Å². The highest BCUT2D eigenvalue weighted by Crippen LogP contribution is 2.26. The van der Waals surface area contributed by atoms with Crippen molar-refractivity contribution >= 4 is 5.91 Å². The molecule has 1 aliphatic heterocycles. The first-order valence-corrected chi connectivity index (χ1v) is 8.79. The molecule has 3 rings (SSSR count). The largest absolute Gasteiger partial charge is 0.393 e. The molecule has 1 aromatic heterocycles. The van der Waals surface area contributed by atoms with E-state index in [0.717, 1.165) is 12.0 Å². The van der Waals surface area contributed by atoms with Crippen molar-refractivity contribution in [3.05, 3.63) is 30.3 Å². The number of tetrazole rings is 1. The summed E-state index contributed by atoms with van der Waals surface area (Å²) < 4.78 is 0. The van der Waals surface area contributed by atoms with Gasteiger partial charge < -0.3 is 10.0 Å². The molecule has 2 aromatic rings. The Morgan fingerprint density at radius 1 is 1.24 bits per heavy atom. The Balaban J connectivity index is 1.80. The zero-order chi connectivity index (χ0) is 18.0. The molecule has 0 aliphatic carbocycles. The fourth-order valence-corrected chi connectivity index (χ4v) is 3.26. The topological polar surface area (TPSA) is 84.1 Å². The minimum absolute atomic E-state index is 0.00448. The minimum atomic E-state index is -0.488. The van der Waals surface area contributed by atoms with Gasteiger partial charge in [0.2, 0.25) is 11.7 Å². The van der Waals surface area contributed by atoms with Gasteiger partial charge in [0.25, 0.3) is 0 Å². The second-order valence-corrected chi connectivity index (χ2v) is 7.06. The van der Waals surface area contributed by atoms with Gasteiger partial charge in [-0.15, -0.1) is 10.2 Å². The Kier molecular flexibility index (Phi) is 5.13. The van der Waals surface area contributed by atoms with Crippen LogP contribution in [0.1, 0.15) is 33.2 Å². The summed E-state index contributed by atoms with van der Waals surface area (Å²) in [6.07, 6.45) is 0.429. The standard InChI is InChI=1S/C18H25N5O2/c1-12(2)16(18(25)22-10-9-15(11-22)13(3)24)23-20-17(19-21-23)14-7-5-4-6-8-14/h4-8,12-13,15-16,24H,9-11H2,1-3H3. The minimum Gasteiger partial charge on any atom is -0.393 e. The SMILES string of the molecule is CC(C)C(C(=O)N1CCC(C(C)O)C1)n1nnc(-c2ccccc2)n1. The zero-order valence-electron chi connectivity index (χ0n) is 14.9. The molecule has 0 saturated carbocycles. The van der Waals surface area contributed by atoms with Crippen LogP contribution >= 0.6 is 0 Å². The lowest BCUT2D eigenvalue weighted by molar-refractivity contribution is -0.136. The Morgan fingerprint density at radius 3 is 2.56 bits per heavy atom. The van der Waals surface area contributed by atoms with E-state index in [-0.39, 0.29) is 17.7 Å². The van der Waals surface area contributed by atoms with Crippen molar-refractivity contribution in [2.75, 3.05) is 13.1 Å². The number of nitrogens with zero attached hydrogens (tertiary/aromatic N) is 5. The van der Waals surface area contributed by atoms with Crippen molar-refractivity contribution in [3.8, 4) is 11.4 Å². The highest BCUT2D eigenvalue weighted by Gasteiger charge is 2.36. The van der Waals surface area contributed by atoms with Gasteiger partial charge in [-0.2, -0.15) is 4.80 Å². The van der Waals surface area contributed by atoms with E-state index in [1.165, 1.54) is 4.80 Å². The Hall–Kier alpha value is -2.28. The maximum absolute atomic E-state index is 13.0. The predicted molar refractivity (Wildman–Crippen MR) is 93.5 cm³/mol. The van der Waals surface area contributed by atoms with E-state index in [0.29, 0.717) is 18.9 Å². The molecule has 1 amide bonds. The van der Waals surface area contributed by atoms with Gasteiger partial charge in [0, 0.05) is 24.6 Å². The number of rotatable bonds is 5. The van der Waals surface area contributed by atoms with Crippen LogP contribution in [-0.2, 0) is 4.79 Å². The molecule has 134 valence electrons. The van der Waals surface area contributed by atoms with Gasteiger partial charge in [-0.05, 0) is 24.5 Å². The van der Waals surface area contributed by atoms with E-state index >= 15 is 0 Å². The summed E-state index contributed by atoms with van der Waals surface area (Å²) in [5.41, 5.74) is 0.874. The molecule has 1 N–H and O–H groups in total. The summed E-state index contributed by atoms with van der Waals surface area (Å²) in [7, 11) is 0. The van der Waals surface area contributed by atoms with Gasteiger partial charge in [-0.1, -0.05) is 44.2 Å². The summed E-state index contributed by atoms with van der Waals surface area (Å²) in [5.74, 6) is 0.689. The van der Waals surface area contributed by atoms with Crippen LogP contribution in [0.3, 0.4) is 0 Å². The number of aliphatic hydroxyl groups is 1. The van der Waals surface area contributed by atoms with E-state index in [1.54, 1.807) is 6.92 Å². The first kappa shape index (κ1) is 17.5. The second-order valence-electron chi connectivity index (χ2n) is 7.06. The summed E-state index contributed by atoms with van der Waals surface area (Å²) in [6.45, 7) is 6.99. The Morgan fingerprint density at radius 2 is 1.96 bits per heavy atom. The Bertz CT molecular complexity index is 713. The maximum Gasteiger partial charge on any atom is 0.249 e. The van der Waals surface area contributed by atoms with E-state index in [2.05, 4.69) is 15.4 Å². The van der Waals surface area contributed by atoms with Crippen LogP contribution in [0.25, 0.3) is 11.4 Å². The number of hydrogen-bond donors (Lipinski definition) is 1. The van der Waals surface area contributed by atoms with E-state index in [9.17, 15) is 9.90 Å². The van der Waals surface area contributed by atoms with Crippen LogP contribution < -0.4 is 0 Å². The molecule has 25 heavy (non-hydrogen) atoms. The molecular weight excluding hydrogens is 318 g/mol. The first-order chi connectivity index (χ1) is 12.0. The molecule has 0 radical (unpaired) electrons. The van der Waals surface area contributed by atoms with Crippen molar-refractivity contribution in [3.63, 3.8) is 0 Å². The van der Waals surface area contributed by atoms with Crippen LogP contribution in [0.15, 0.2) is 30.3 Å². The molecule has 2 heterocycles. The van der Waals surface area contributed by atoms with E-state index in [1.807, 2.05) is 49.1 Å². The number of likely N-dealkylation sites (tertiary alicyclic amines) is 1. The third-order valence-corrected chi connectivity index (χ3v) is 4.81. The summed E-state index contributed by atoms with van der Waals surface area (Å²) in [4.78, 5) is 16.3. The van der Waals surface area contributed by atoms with Gasteiger partial charge in [0.1, 0.15) is 0 Å². The van der Waals surface area contributed by atoms with Gasteiger partial charge in [0.05, 0.1) is 6.10 Å². The van der Waals surface area contributed by atoms with Crippen LogP contribution in [0, 0.1) is 11.8 Å². The first-order valence-electron chi connectivity index (χ1n) is 8.79. The summed E-state index contributed by atoms with van der Waals surface area (Å²) in [5, 5.41) is 22.5. The summed E-state index contributed by atoms with van der Waals surface area (Å²) >= 11 is 0. The third kappa shape index (κ3) is 3.71. The van der Waals surface area contributed by atoms with Gasteiger partial charge >= 0.3 is 0 Å². The molecule has 0 spiro atoms. The van der Waals surface area contributed by atoms with Crippen molar-refractivity contribution < 1.29 is 9.90 Å². The number of aliphatic hydroxyl groups excluding tert-OH is 1. The molecule has 3 atom stereocenters. The average Bonchev–Trinajstić information content (AvgIpc) is 3.25. The highest BCUT2D eigenvalue weighted by molar-refractivity contribution is 5.80. The Labute approximate surface area is 147 Å². The lowest BCUT2D eigenvalue weighted by Gasteiger charge is -2.25. The van der Waals surface area contributed by atoms with Crippen LogP contribution in [0.4, 0.5) is 0 Å². The van der Waals surface area contributed by atoms with Crippen molar-refractivity contribution in [1.82, 2.24) is 25.1 Å². The van der Waals surface area contributed by atoms with Crippen molar-refractivity contribution in [2.45, 2.75) is 39.3 Å². The van der Waals surface area contributed by atoms with Crippen molar-refractivity contribution in [2.24, 2.45) is 11.8 Å². The fraction of sp³-hybridized carbons (Fsp3) is 0.556. The van der Waals surface area contributed by atoms with Crippen LogP contribution in [0.5, 0.6) is 0 Å². The van der Waals surface area contributed by atoms with Crippen LogP contribution in [-0.4, -0.2) is 55.3 Å². The number of carbonyl (C=O) groups is 1. The number of benzene rings is 1. The third-order valence-electron chi connectivity index (χ3n) is 4.81. The molecule has 3 unspecified atom stereocenters. The molecule has 1 aromatic carbocycles. The number of hydrogen-bond acceptors (Lipinski definition) is 5. The van der Waals surface area contributed by atoms with Crippen molar-refractivity contribution in [1.29, 1.82) is 0 Å². The number of amides is 1. The monoisotopic (exact) mass is 343 g/mol. The molecule has 1 aliphatic rings. The molecule has 1 fully saturated rings. The highest BCUT2D eigenvalue weighted by atomic mass is 16.3. The second kappa shape index (κ2) is 7.31. The average molecular weight is 343 g/mol. The van der Waals surface area contributed by atoms with Gasteiger partial charge in [-0.3, -0.25) is 4.79 Å². The maximum atomic E-state index is 13.0. The molecule has 0 bridgehead atoms. The lowest BCUT2D eigenvalue weighted by Crippen LogP contribution is -2.39. The normalized spacial score (nSPS) is 20.0. The zero-order valence-corrected chi connectivity index (χ0v) is 14.9. The summed E-state index contributed by atoms with van der Waals surface area (Å²) in [6, 6.07) is 9.11. The predicted octanol–water partition coefficient (Wildman–Crippen LogP) is 1.77. The number of carbonyl (C=O) groups excluding carboxylic acids is 1. The molecule has 7 nitrogen and oxygen atoms in total.